The van der Waals surface area contributed by atoms with Gasteiger partial charge >= 0.3 is 0 Å². The molecule has 0 radical (unpaired) electrons. The molecule has 2 aromatic carbocycles. The molecule has 0 spiro atoms. The number of rotatable bonds is 5. The third-order valence-electron chi connectivity index (χ3n) is 4.93. The van der Waals surface area contributed by atoms with E-state index >= 15 is 0 Å². The van der Waals surface area contributed by atoms with Gasteiger partial charge in [-0.25, -0.2) is 0 Å². The molecule has 2 heterocycles. The summed E-state index contributed by atoms with van der Waals surface area (Å²) in [5.74, 6) is 1.28. The third-order valence-corrected chi connectivity index (χ3v) is 5.42. The normalized spacial score (nSPS) is 14.6. The zero-order valence-corrected chi connectivity index (χ0v) is 17.6. The Balaban J connectivity index is 1.41. The van der Waals surface area contributed by atoms with Crippen LogP contribution in [0.2, 0.25) is 0 Å². The van der Waals surface area contributed by atoms with Crippen LogP contribution in [-0.2, 0) is 6.54 Å². The first-order chi connectivity index (χ1) is 14.2. The number of halogens is 1. The predicted molar refractivity (Wildman–Crippen MR) is 116 cm³/mol. The number of benzene rings is 2. The van der Waals surface area contributed by atoms with Crippen LogP contribution in [0.15, 0.2) is 77.5 Å². The van der Waals surface area contributed by atoms with Crippen LogP contribution >= 0.6 is 15.9 Å². The van der Waals surface area contributed by atoms with Gasteiger partial charge in [0.15, 0.2) is 0 Å². The van der Waals surface area contributed by atoms with Gasteiger partial charge < -0.3 is 9.64 Å². The van der Waals surface area contributed by atoms with E-state index in [2.05, 4.69) is 31.9 Å². The summed E-state index contributed by atoms with van der Waals surface area (Å²) in [6, 6.07) is 19.1. The van der Waals surface area contributed by atoms with E-state index in [1.165, 1.54) is 5.56 Å². The molecule has 0 bridgehead atoms. The number of piperazine rings is 1. The van der Waals surface area contributed by atoms with Crippen molar-refractivity contribution in [1.82, 2.24) is 14.8 Å². The van der Waals surface area contributed by atoms with Gasteiger partial charge in [-0.05, 0) is 42.0 Å². The van der Waals surface area contributed by atoms with Crippen LogP contribution in [0.25, 0.3) is 0 Å². The first-order valence-corrected chi connectivity index (χ1v) is 10.4. The highest BCUT2D eigenvalue weighted by molar-refractivity contribution is 9.10. The molecule has 1 saturated heterocycles. The fourth-order valence-electron chi connectivity index (χ4n) is 3.42. The van der Waals surface area contributed by atoms with Crippen LogP contribution in [0.1, 0.15) is 15.9 Å². The van der Waals surface area contributed by atoms with Crippen molar-refractivity contribution < 1.29 is 9.53 Å². The minimum absolute atomic E-state index is 0.0108. The summed E-state index contributed by atoms with van der Waals surface area (Å²) in [6.45, 7) is 3.94. The van der Waals surface area contributed by atoms with Crippen LogP contribution in [-0.4, -0.2) is 46.9 Å². The predicted octanol–water partition coefficient (Wildman–Crippen LogP) is 4.59. The minimum atomic E-state index is 0.0108. The molecule has 0 saturated carbocycles. The molecule has 0 unspecified atom stereocenters. The lowest BCUT2D eigenvalue weighted by atomic mass is 10.1. The second-order valence-corrected chi connectivity index (χ2v) is 7.90. The molecule has 1 amide bonds. The maximum absolute atomic E-state index is 13.2. The van der Waals surface area contributed by atoms with E-state index in [1.807, 2.05) is 65.7 Å². The van der Waals surface area contributed by atoms with Crippen molar-refractivity contribution in [2.24, 2.45) is 0 Å². The molecule has 1 aliphatic rings. The SMILES string of the molecule is O=C(c1ccccc1Oc1cccc(Br)c1)N1CCN(Cc2cccnc2)CC1. The van der Waals surface area contributed by atoms with Gasteiger partial charge in [0.05, 0.1) is 5.56 Å². The lowest BCUT2D eigenvalue weighted by molar-refractivity contribution is 0.0626. The smallest absolute Gasteiger partial charge is 0.257 e. The summed E-state index contributed by atoms with van der Waals surface area (Å²) in [5.41, 5.74) is 1.79. The molecule has 1 fully saturated rings. The number of pyridine rings is 1. The first kappa shape index (κ1) is 19.6. The maximum atomic E-state index is 13.2. The van der Waals surface area contributed by atoms with Gasteiger partial charge in [-0.3, -0.25) is 14.7 Å². The number of aromatic nitrogens is 1. The Morgan fingerprint density at radius 2 is 1.83 bits per heavy atom. The van der Waals surface area contributed by atoms with Crippen molar-refractivity contribution in [1.29, 1.82) is 0 Å². The van der Waals surface area contributed by atoms with Crippen LogP contribution in [0.4, 0.5) is 0 Å². The molecule has 29 heavy (non-hydrogen) atoms. The van der Waals surface area contributed by atoms with Crippen LogP contribution in [0.3, 0.4) is 0 Å². The van der Waals surface area contributed by atoms with Gasteiger partial charge in [0, 0.05) is 49.6 Å². The molecule has 0 atom stereocenters. The standard InChI is InChI=1S/C23H22BrN3O2/c24-19-6-3-7-20(15-19)29-22-9-2-1-8-21(22)23(28)27-13-11-26(12-14-27)17-18-5-4-10-25-16-18/h1-10,15-16H,11-14,17H2. The Bertz CT molecular complexity index is 973. The minimum Gasteiger partial charge on any atom is -0.456 e. The molecule has 4 rings (SSSR count). The lowest BCUT2D eigenvalue weighted by Gasteiger charge is -2.35. The Hall–Kier alpha value is -2.70. The molecule has 0 N–H and O–H groups in total. The number of carbonyl (C=O) groups is 1. The van der Waals surface area contributed by atoms with E-state index in [0.717, 1.165) is 24.1 Å². The number of hydrogen-bond donors (Lipinski definition) is 0. The molecule has 5 nitrogen and oxygen atoms in total. The van der Waals surface area contributed by atoms with Crippen molar-refractivity contribution in [2.75, 3.05) is 26.2 Å². The van der Waals surface area contributed by atoms with Crippen LogP contribution < -0.4 is 4.74 Å². The fourth-order valence-corrected chi connectivity index (χ4v) is 3.80. The van der Waals surface area contributed by atoms with Gasteiger partial charge in [0.25, 0.3) is 5.91 Å². The average molecular weight is 452 g/mol. The van der Waals surface area contributed by atoms with E-state index in [0.29, 0.717) is 30.2 Å². The van der Waals surface area contributed by atoms with Crippen molar-refractivity contribution in [3.05, 3.63) is 88.7 Å². The second kappa shape index (κ2) is 9.20. The molecular weight excluding hydrogens is 430 g/mol. The largest absolute Gasteiger partial charge is 0.456 e. The lowest BCUT2D eigenvalue weighted by Crippen LogP contribution is -2.48. The summed E-state index contributed by atoms with van der Waals surface area (Å²) in [4.78, 5) is 21.6. The van der Waals surface area contributed by atoms with Gasteiger partial charge in [-0.15, -0.1) is 0 Å². The summed E-state index contributed by atoms with van der Waals surface area (Å²) >= 11 is 3.45. The zero-order chi connectivity index (χ0) is 20.1. The average Bonchev–Trinajstić information content (AvgIpc) is 2.75. The second-order valence-electron chi connectivity index (χ2n) is 6.99. The Morgan fingerprint density at radius 1 is 1.00 bits per heavy atom. The highest BCUT2D eigenvalue weighted by atomic mass is 79.9. The van der Waals surface area contributed by atoms with E-state index < -0.39 is 0 Å². The Labute approximate surface area is 179 Å². The third kappa shape index (κ3) is 5.02. The van der Waals surface area contributed by atoms with E-state index in [9.17, 15) is 4.79 Å². The number of para-hydroxylation sites is 1. The molecule has 148 valence electrons. The van der Waals surface area contributed by atoms with Gasteiger partial charge in [0.2, 0.25) is 0 Å². The molecule has 0 aliphatic carbocycles. The number of nitrogens with zero attached hydrogens (tertiary/aromatic N) is 3. The quantitative estimate of drug-likeness (QED) is 0.568. The summed E-state index contributed by atoms with van der Waals surface area (Å²) in [6.07, 6.45) is 3.68. The summed E-state index contributed by atoms with van der Waals surface area (Å²) in [7, 11) is 0. The number of ether oxygens (including phenoxy) is 1. The first-order valence-electron chi connectivity index (χ1n) is 9.62. The van der Waals surface area contributed by atoms with Crippen LogP contribution in [0.5, 0.6) is 11.5 Å². The number of amides is 1. The Morgan fingerprint density at radius 3 is 2.59 bits per heavy atom. The topological polar surface area (TPSA) is 45.7 Å². The van der Waals surface area contributed by atoms with Gasteiger partial charge in [-0.2, -0.15) is 0 Å². The van der Waals surface area contributed by atoms with Crippen molar-refractivity contribution in [3.8, 4) is 11.5 Å². The molecule has 6 heteroatoms. The Kier molecular flexibility index (Phi) is 6.22. The van der Waals surface area contributed by atoms with Crippen molar-refractivity contribution >= 4 is 21.8 Å². The van der Waals surface area contributed by atoms with Gasteiger partial charge in [0.1, 0.15) is 11.5 Å². The highest BCUT2D eigenvalue weighted by Gasteiger charge is 2.24. The van der Waals surface area contributed by atoms with E-state index in [1.54, 1.807) is 6.20 Å². The van der Waals surface area contributed by atoms with E-state index in [4.69, 9.17) is 4.74 Å². The van der Waals surface area contributed by atoms with Crippen molar-refractivity contribution in [2.45, 2.75) is 6.54 Å². The summed E-state index contributed by atoms with van der Waals surface area (Å²) in [5, 5.41) is 0. The zero-order valence-electron chi connectivity index (χ0n) is 16.0. The van der Waals surface area contributed by atoms with Crippen molar-refractivity contribution in [3.63, 3.8) is 0 Å². The highest BCUT2D eigenvalue weighted by Crippen LogP contribution is 2.28. The monoisotopic (exact) mass is 451 g/mol. The van der Waals surface area contributed by atoms with Crippen LogP contribution in [0, 0.1) is 0 Å². The summed E-state index contributed by atoms with van der Waals surface area (Å²) < 4.78 is 6.94. The molecule has 1 aromatic heterocycles. The van der Waals surface area contributed by atoms with E-state index in [-0.39, 0.29) is 5.91 Å². The number of hydrogen-bond acceptors (Lipinski definition) is 4. The molecule has 3 aromatic rings. The van der Waals surface area contributed by atoms with Gasteiger partial charge in [-0.1, -0.05) is 40.2 Å². The maximum Gasteiger partial charge on any atom is 0.257 e. The number of carbonyl (C=O) groups excluding carboxylic acids is 1. The molecular formula is C23H22BrN3O2. The fraction of sp³-hybridized carbons (Fsp3) is 0.217. The molecule has 1 aliphatic heterocycles.